The SMILES string of the molecule is CNc1ccccc1N(CC1CCC(c2n(-c3ccccc3)c3ccccc3[n+]2C)C1C)c1ccccc1. The molecule has 1 aromatic heterocycles. The van der Waals surface area contributed by atoms with Crippen molar-refractivity contribution >= 4 is 28.1 Å². The maximum Gasteiger partial charge on any atom is 0.265 e. The Balaban J connectivity index is 1.38. The van der Waals surface area contributed by atoms with Crippen molar-refractivity contribution in [1.29, 1.82) is 0 Å². The van der Waals surface area contributed by atoms with Gasteiger partial charge in [0.05, 0.1) is 24.3 Å². The summed E-state index contributed by atoms with van der Waals surface area (Å²) in [5.74, 6) is 3.01. The van der Waals surface area contributed by atoms with Crippen LogP contribution in [0, 0.1) is 11.8 Å². The summed E-state index contributed by atoms with van der Waals surface area (Å²) in [6, 6.07) is 39.2. The lowest BCUT2D eigenvalue weighted by Gasteiger charge is -2.31. The number of benzene rings is 4. The lowest BCUT2D eigenvalue weighted by Crippen LogP contribution is -2.36. The third-order valence-electron chi connectivity index (χ3n) is 8.58. The Hall–Kier alpha value is -4.05. The highest BCUT2D eigenvalue weighted by Crippen LogP contribution is 2.46. The summed E-state index contributed by atoms with van der Waals surface area (Å²) in [5, 5.41) is 3.42. The summed E-state index contributed by atoms with van der Waals surface area (Å²) in [6.07, 6.45) is 2.41. The van der Waals surface area contributed by atoms with E-state index in [1.807, 2.05) is 7.05 Å². The summed E-state index contributed by atoms with van der Waals surface area (Å²) >= 11 is 0. The molecule has 5 aromatic rings. The normalized spacial score (nSPS) is 19.1. The molecule has 4 aromatic carbocycles. The number of imidazole rings is 1. The number of aryl methyl sites for hydroxylation is 1. The van der Waals surface area contributed by atoms with Crippen LogP contribution in [-0.4, -0.2) is 18.2 Å². The number of para-hydroxylation sites is 6. The summed E-state index contributed by atoms with van der Waals surface area (Å²) in [4.78, 5) is 2.52. The minimum Gasteiger partial charge on any atom is -0.386 e. The fraction of sp³-hybridized carbons (Fsp3) is 0.265. The van der Waals surface area contributed by atoms with E-state index in [0.717, 1.165) is 12.2 Å². The Morgan fingerprint density at radius 3 is 2.24 bits per heavy atom. The molecular weight excluding hydrogens is 464 g/mol. The molecule has 6 rings (SSSR count). The minimum atomic E-state index is 0.481. The number of aromatic nitrogens is 2. The number of rotatable bonds is 7. The second kappa shape index (κ2) is 10.4. The van der Waals surface area contributed by atoms with Gasteiger partial charge in [-0.25, -0.2) is 4.57 Å². The summed E-state index contributed by atoms with van der Waals surface area (Å²) in [7, 11) is 4.26. The van der Waals surface area contributed by atoms with E-state index >= 15 is 0 Å². The summed E-state index contributed by atoms with van der Waals surface area (Å²) in [5.41, 5.74) is 7.45. The van der Waals surface area contributed by atoms with Crippen LogP contribution in [0.15, 0.2) is 109 Å². The van der Waals surface area contributed by atoms with Gasteiger partial charge in [-0.15, -0.1) is 0 Å². The lowest BCUT2D eigenvalue weighted by atomic mass is 9.89. The standard InChI is InChI=1S/C34H37N4/c1-25-26(24-37(27-14-6-4-7-15-27)31-19-11-10-18-30(31)35-2)22-23-29(25)34-36(3)32-20-12-13-21-33(32)38(34)28-16-8-5-9-17-28/h4-21,25-26,29,35H,22-24H2,1-3H3/q+1. The Bertz CT molecular complexity index is 1520. The Morgan fingerprint density at radius 2 is 1.47 bits per heavy atom. The van der Waals surface area contributed by atoms with Crippen LogP contribution in [0.5, 0.6) is 0 Å². The molecule has 0 bridgehead atoms. The molecule has 0 radical (unpaired) electrons. The second-order valence-corrected chi connectivity index (χ2v) is 10.6. The first-order valence-electron chi connectivity index (χ1n) is 13.8. The fourth-order valence-corrected chi connectivity index (χ4v) is 6.57. The van der Waals surface area contributed by atoms with Crippen molar-refractivity contribution in [2.45, 2.75) is 25.7 Å². The van der Waals surface area contributed by atoms with Gasteiger partial charge in [-0.3, -0.25) is 0 Å². The maximum atomic E-state index is 3.42. The highest BCUT2D eigenvalue weighted by atomic mass is 15.2. The zero-order chi connectivity index (χ0) is 26.1. The molecule has 1 heterocycles. The molecular formula is C34H37N4+. The van der Waals surface area contributed by atoms with Gasteiger partial charge in [0, 0.05) is 19.3 Å². The zero-order valence-electron chi connectivity index (χ0n) is 22.6. The van der Waals surface area contributed by atoms with Crippen molar-refractivity contribution in [3.8, 4) is 5.69 Å². The lowest BCUT2D eigenvalue weighted by molar-refractivity contribution is -0.655. The molecule has 0 aliphatic heterocycles. The smallest absolute Gasteiger partial charge is 0.265 e. The van der Waals surface area contributed by atoms with Gasteiger partial charge < -0.3 is 10.2 Å². The Morgan fingerprint density at radius 1 is 0.816 bits per heavy atom. The van der Waals surface area contributed by atoms with Gasteiger partial charge >= 0.3 is 0 Å². The van der Waals surface area contributed by atoms with Crippen molar-refractivity contribution in [3.05, 3.63) is 115 Å². The van der Waals surface area contributed by atoms with E-state index in [0.29, 0.717) is 17.8 Å². The van der Waals surface area contributed by atoms with E-state index < -0.39 is 0 Å². The molecule has 38 heavy (non-hydrogen) atoms. The maximum absolute atomic E-state index is 3.42. The van der Waals surface area contributed by atoms with Crippen LogP contribution in [0.4, 0.5) is 17.1 Å². The van der Waals surface area contributed by atoms with Gasteiger partial charge in [0.1, 0.15) is 5.69 Å². The summed E-state index contributed by atoms with van der Waals surface area (Å²) < 4.78 is 4.95. The van der Waals surface area contributed by atoms with Crippen LogP contribution < -0.4 is 14.8 Å². The molecule has 0 spiro atoms. The van der Waals surface area contributed by atoms with Crippen LogP contribution in [0.25, 0.3) is 16.7 Å². The van der Waals surface area contributed by atoms with Gasteiger partial charge in [-0.2, -0.15) is 4.57 Å². The third-order valence-corrected chi connectivity index (χ3v) is 8.58. The molecule has 3 atom stereocenters. The van der Waals surface area contributed by atoms with E-state index in [1.54, 1.807) is 0 Å². The Labute approximate surface area is 226 Å². The number of hydrogen-bond donors (Lipinski definition) is 1. The van der Waals surface area contributed by atoms with E-state index in [-0.39, 0.29) is 0 Å². The van der Waals surface area contributed by atoms with E-state index in [2.05, 4.69) is 143 Å². The van der Waals surface area contributed by atoms with E-state index in [1.165, 1.54) is 46.8 Å². The average molecular weight is 502 g/mol. The quantitative estimate of drug-likeness (QED) is 0.234. The Kier molecular flexibility index (Phi) is 6.63. The molecule has 0 saturated heterocycles. The molecule has 192 valence electrons. The number of hydrogen-bond acceptors (Lipinski definition) is 2. The van der Waals surface area contributed by atoms with Crippen LogP contribution in [0.2, 0.25) is 0 Å². The predicted octanol–water partition coefficient (Wildman–Crippen LogP) is 7.46. The van der Waals surface area contributed by atoms with Gasteiger partial charge in [-0.05, 0) is 73.2 Å². The first kappa shape index (κ1) is 24.3. The highest BCUT2D eigenvalue weighted by molar-refractivity contribution is 5.77. The van der Waals surface area contributed by atoms with Crippen molar-refractivity contribution < 1.29 is 4.57 Å². The topological polar surface area (TPSA) is 24.1 Å². The van der Waals surface area contributed by atoms with Crippen LogP contribution >= 0.6 is 0 Å². The molecule has 3 unspecified atom stereocenters. The average Bonchev–Trinajstić information content (AvgIpc) is 3.48. The molecule has 1 saturated carbocycles. The largest absolute Gasteiger partial charge is 0.386 e. The third kappa shape index (κ3) is 4.24. The van der Waals surface area contributed by atoms with Gasteiger partial charge in [-0.1, -0.05) is 67.6 Å². The first-order valence-corrected chi connectivity index (χ1v) is 13.8. The number of nitrogens with one attached hydrogen (secondary N) is 1. The highest BCUT2D eigenvalue weighted by Gasteiger charge is 2.42. The number of anilines is 3. The van der Waals surface area contributed by atoms with Crippen LogP contribution in [-0.2, 0) is 7.05 Å². The van der Waals surface area contributed by atoms with Crippen molar-refractivity contribution in [3.63, 3.8) is 0 Å². The van der Waals surface area contributed by atoms with Crippen molar-refractivity contribution in [2.24, 2.45) is 18.9 Å². The zero-order valence-corrected chi connectivity index (χ0v) is 22.6. The van der Waals surface area contributed by atoms with E-state index in [4.69, 9.17) is 0 Å². The van der Waals surface area contributed by atoms with Crippen LogP contribution in [0.3, 0.4) is 0 Å². The van der Waals surface area contributed by atoms with Crippen molar-refractivity contribution in [1.82, 2.24) is 4.57 Å². The molecule has 4 nitrogen and oxygen atoms in total. The molecule has 0 amide bonds. The minimum absolute atomic E-state index is 0.481. The van der Waals surface area contributed by atoms with Crippen molar-refractivity contribution in [2.75, 3.05) is 23.8 Å². The monoisotopic (exact) mass is 501 g/mol. The molecule has 4 heteroatoms. The van der Waals surface area contributed by atoms with E-state index in [9.17, 15) is 0 Å². The fourth-order valence-electron chi connectivity index (χ4n) is 6.57. The number of nitrogens with zero attached hydrogens (tertiary/aromatic N) is 3. The second-order valence-electron chi connectivity index (χ2n) is 10.6. The first-order chi connectivity index (χ1) is 18.7. The van der Waals surface area contributed by atoms with Gasteiger partial charge in [0.2, 0.25) is 0 Å². The van der Waals surface area contributed by atoms with Crippen LogP contribution in [0.1, 0.15) is 31.5 Å². The summed E-state index contributed by atoms with van der Waals surface area (Å²) in [6.45, 7) is 3.47. The molecule has 1 aliphatic rings. The van der Waals surface area contributed by atoms with Gasteiger partial charge in [0.25, 0.3) is 5.82 Å². The predicted molar refractivity (Wildman–Crippen MR) is 159 cm³/mol. The molecule has 1 aliphatic carbocycles. The molecule has 1 fully saturated rings. The number of fused-ring (bicyclic) bond motifs is 1. The van der Waals surface area contributed by atoms with Gasteiger partial charge in [0.15, 0.2) is 11.0 Å². The molecule has 1 N–H and O–H groups in total.